The van der Waals surface area contributed by atoms with Crippen molar-refractivity contribution in [3.05, 3.63) is 95.1 Å². The molecule has 2 aliphatic rings. The van der Waals surface area contributed by atoms with Gasteiger partial charge in [0.2, 0.25) is 5.91 Å². The molecule has 0 saturated carbocycles. The van der Waals surface area contributed by atoms with Crippen LogP contribution < -0.4 is 5.73 Å². The van der Waals surface area contributed by atoms with Gasteiger partial charge in [0.15, 0.2) is 0 Å². The number of carbonyl (C=O) groups excluding carboxylic acids is 1. The fraction of sp³-hybridized carbons (Fsp3) is 0.300. The number of aliphatic hydroxyl groups excluding tert-OH is 1. The predicted molar refractivity (Wildman–Crippen MR) is 144 cm³/mol. The van der Waals surface area contributed by atoms with Gasteiger partial charge >= 0.3 is 6.18 Å². The summed E-state index contributed by atoms with van der Waals surface area (Å²) in [4.78, 5) is 23.7. The Morgan fingerprint density at radius 1 is 1.12 bits per heavy atom. The summed E-state index contributed by atoms with van der Waals surface area (Å²) in [5, 5.41) is 11.0. The molecular weight excluding hydrogens is 519 g/mol. The van der Waals surface area contributed by atoms with Gasteiger partial charge in [-0.1, -0.05) is 42.5 Å². The molecule has 1 amide bonds. The molecule has 2 aromatic carbocycles. The summed E-state index contributed by atoms with van der Waals surface area (Å²) in [5.41, 5.74) is 8.70. The fourth-order valence-corrected chi connectivity index (χ4v) is 5.82. The van der Waals surface area contributed by atoms with E-state index in [9.17, 15) is 23.1 Å². The first-order valence-corrected chi connectivity index (χ1v) is 13.2. The van der Waals surface area contributed by atoms with Gasteiger partial charge in [-0.25, -0.2) is 9.97 Å². The molecule has 6 rings (SSSR count). The van der Waals surface area contributed by atoms with E-state index in [2.05, 4.69) is 11.1 Å². The normalized spacial score (nSPS) is 20.1. The van der Waals surface area contributed by atoms with Crippen molar-refractivity contribution < 1.29 is 23.1 Å². The van der Waals surface area contributed by atoms with Crippen LogP contribution in [0.4, 0.5) is 19.0 Å². The van der Waals surface area contributed by atoms with Gasteiger partial charge in [-0.2, -0.15) is 13.2 Å². The van der Waals surface area contributed by atoms with E-state index in [0.29, 0.717) is 41.1 Å². The first-order valence-electron chi connectivity index (χ1n) is 13.2. The van der Waals surface area contributed by atoms with E-state index in [1.165, 1.54) is 6.07 Å². The highest BCUT2D eigenvalue weighted by Gasteiger charge is 2.35. The summed E-state index contributed by atoms with van der Waals surface area (Å²) in [6, 6.07) is 10.4. The Morgan fingerprint density at radius 3 is 2.65 bits per heavy atom. The van der Waals surface area contributed by atoms with Crippen LogP contribution >= 0.6 is 0 Å². The minimum atomic E-state index is -4.50. The molecule has 2 aliphatic heterocycles. The van der Waals surface area contributed by atoms with Crippen molar-refractivity contribution in [1.29, 1.82) is 0 Å². The Kier molecular flexibility index (Phi) is 6.37. The first kappa shape index (κ1) is 26.1. The molecule has 7 nitrogen and oxygen atoms in total. The molecule has 1 saturated heterocycles. The minimum Gasteiger partial charge on any atom is -0.384 e. The van der Waals surface area contributed by atoms with Crippen molar-refractivity contribution in [2.75, 3.05) is 12.3 Å². The number of carbonyl (C=O) groups is 1. The number of halogens is 3. The summed E-state index contributed by atoms with van der Waals surface area (Å²) >= 11 is 0. The smallest absolute Gasteiger partial charge is 0.384 e. The molecule has 0 bridgehead atoms. The molecule has 1 unspecified atom stereocenters. The SMILES string of the molecule is Cc1ccc(C(F)(F)F)cc1C(O)c1ccc(-c2nc([C@@H]3CC[C@H]4C=CCC(=O)N4C3)n3ccnc(N)c23)cc1. The van der Waals surface area contributed by atoms with Crippen molar-refractivity contribution >= 4 is 17.2 Å². The molecule has 4 aromatic rings. The molecule has 40 heavy (non-hydrogen) atoms. The highest BCUT2D eigenvalue weighted by atomic mass is 19.4. The predicted octanol–water partition coefficient (Wildman–Crippen LogP) is 5.42. The van der Waals surface area contributed by atoms with Crippen LogP contribution in [0.25, 0.3) is 16.8 Å². The van der Waals surface area contributed by atoms with Crippen LogP contribution in [0.5, 0.6) is 0 Å². The summed E-state index contributed by atoms with van der Waals surface area (Å²) in [5.74, 6) is 1.23. The third-order valence-corrected chi connectivity index (χ3v) is 7.98. The van der Waals surface area contributed by atoms with E-state index in [0.717, 1.165) is 36.4 Å². The number of aromatic nitrogens is 3. The quantitative estimate of drug-likeness (QED) is 0.333. The Hall–Kier alpha value is -4.18. The maximum Gasteiger partial charge on any atom is 0.416 e. The van der Waals surface area contributed by atoms with Gasteiger partial charge in [-0.15, -0.1) is 0 Å². The van der Waals surface area contributed by atoms with E-state index in [4.69, 9.17) is 10.7 Å². The zero-order chi connectivity index (χ0) is 28.2. The van der Waals surface area contributed by atoms with E-state index >= 15 is 0 Å². The van der Waals surface area contributed by atoms with Gasteiger partial charge in [-0.05, 0) is 48.6 Å². The van der Waals surface area contributed by atoms with Crippen LogP contribution in [-0.2, 0) is 11.0 Å². The number of hydrogen-bond acceptors (Lipinski definition) is 5. The van der Waals surface area contributed by atoms with E-state index in [-0.39, 0.29) is 23.4 Å². The first-order chi connectivity index (χ1) is 19.1. The average molecular weight is 548 g/mol. The topological polar surface area (TPSA) is 96.8 Å². The molecule has 3 N–H and O–H groups in total. The Morgan fingerprint density at radius 2 is 1.90 bits per heavy atom. The maximum atomic E-state index is 13.3. The van der Waals surface area contributed by atoms with Gasteiger partial charge in [0.1, 0.15) is 29.0 Å². The Bertz CT molecular complexity index is 1630. The van der Waals surface area contributed by atoms with Gasteiger partial charge in [0.25, 0.3) is 0 Å². The monoisotopic (exact) mass is 547 g/mol. The molecular formula is C30H28F3N5O2. The van der Waals surface area contributed by atoms with Gasteiger partial charge in [-0.3, -0.25) is 9.20 Å². The van der Waals surface area contributed by atoms with Crippen LogP contribution in [0.1, 0.15) is 59.4 Å². The largest absolute Gasteiger partial charge is 0.416 e. The lowest BCUT2D eigenvalue weighted by Gasteiger charge is -2.39. The van der Waals surface area contributed by atoms with Gasteiger partial charge < -0.3 is 15.7 Å². The molecule has 206 valence electrons. The lowest BCUT2D eigenvalue weighted by Crippen LogP contribution is -2.47. The molecule has 2 aromatic heterocycles. The van der Waals surface area contributed by atoms with Crippen molar-refractivity contribution in [1.82, 2.24) is 19.3 Å². The zero-order valence-corrected chi connectivity index (χ0v) is 21.8. The number of rotatable bonds is 4. The molecule has 4 heterocycles. The number of piperidine rings is 1. The molecule has 10 heteroatoms. The third kappa shape index (κ3) is 4.52. The standard InChI is InChI=1S/C30H28F3N5O2/c1-17-5-11-21(30(31,32)33)15-23(17)27(40)19-8-6-18(7-9-19)25-26-28(34)35-13-14-37(26)29(36-25)20-10-12-22-3-2-4-24(39)38(22)16-20/h2-3,5-9,11,13-15,20,22,27,40H,4,10,12,16H2,1H3,(H2,34,35)/t20-,22-,27?/m1/s1. The number of aliphatic hydroxyl groups is 1. The van der Waals surface area contributed by atoms with Crippen molar-refractivity contribution in [3.63, 3.8) is 0 Å². The van der Waals surface area contributed by atoms with Crippen molar-refractivity contribution in [3.8, 4) is 11.3 Å². The molecule has 0 aliphatic carbocycles. The number of amides is 1. The summed E-state index contributed by atoms with van der Waals surface area (Å²) < 4.78 is 41.8. The second-order valence-electron chi connectivity index (χ2n) is 10.5. The number of alkyl halides is 3. The van der Waals surface area contributed by atoms with Crippen molar-refractivity contribution in [2.45, 2.75) is 50.4 Å². The number of nitrogen functional groups attached to an aromatic ring is 1. The summed E-state index contributed by atoms with van der Waals surface area (Å²) in [6.07, 6.45) is 3.86. The molecule has 0 radical (unpaired) electrons. The molecule has 3 atom stereocenters. The van der Waals surface area contributed by atoms with Crippen molar-refractivity contribution in [2.24, 2.45) is 0 Å². The van der Waals surface area contributed by atoms with Crippen LogP contribution in [0, 0.1) is 6.92 Å². The number of anilines is 1. The average Bonchev–Trinajstić information content (AvgIpc) is 3.33. The second-order valence-corrected chi connectivity index (χ2v) is 10.5. The zero-order valence-electron chi connectivity index (χ0n) is 21.8. The number of aryl methyl sites for hydroxylation is 1. The number of nitrogens with zero attached hydrogens (tertiary/aromatic N) is 4. The van der Waals surface area contributed by atoms with Gasteiger partial charge in [0, 0.05) is 36.8 Å². The van der Waals surface area contributed by atoms with Crippen LogP contribution in [-0.4, -0.2) is 42.9 Å². The highest BCUT2D eigenvalue weighted by molar-refractivity contribution is 5.85. The Balaban J connectivity index is 1.34. The third-order valence-electron chi connectivity index (χ3n) is 7.98. The summed E-state index contributed by atoms with van der Waals surface area (Å²) in [7, 11) is 0. The minimum absolute atomic E-state index is 0.0136. The fourth-order valence-electron chi connectivity index (χ4n) is 5.82. The second kappa shape index (κ2) is 9.78. The highest BCUT2D eigenvalue weighted by Crippen LogP contribution is 2.38. The number of fused-ring (bicyclic) bond motifs is 2. The molecule has 1 fully saturated rings. The Labute approximate surface area is 228 Å². The lowest BCUT2D eigenvalue weighted by atomic mass is 9.90. The summed E-state index contributed by atoms with van der Waals surface area (Å²) in [6.45, 7) is 2.24. The van der Waals surface area contributed by atoms with E-state index in [1.807, 2.05) is 21.6 Å². The molecule has 0 spiro atoms. The number of benzene rings is 2. The van der Waals surface area contributed by atoms with Crippen LogP contribution in [0.3, 0.4) is 0 Å². The van der Waals surface area contributed by atoms with Crippen LogP contribution in [0.2, 0.25) is 0 Å². The van der Waals surface area contributed by atoms with Gasteiger partial charge in [0.05, 0.1) is 11.6 Å². The number of nitrogens with two attached hydrogens (primary N) is 1. The van der Waals surface area contributed by atoms with E-state index < -0.39 is 17.8 Å². The number of hydrogen-bond donors (Lipinski definition) is 2. The van der Waals surface area contributed by atoms with Crippen LogP contribution in [0.15, 0.2) is 67.0 Å². The van der Waals surface area contributed by atoms with E-state index in [1.54, 1.807) is 37.4 Å². The maximum absolute atomic E-state index is 13.3. The lowest BCUT2D eigenvalue weighted by molar-refractivity contribution is -0.137. The number of imidazole rings is 1.